The van der Waals surface area contributed by atoms with Gasteiger partial charge in [0.25, 0.3) is 5.91 Å². The van der Waals surface area contributed by atoms with E-state index in [4.69, 9.17) is 0 Å². The predicted molar refractivity (Wildman–Crippen MR) is 86.8 cm³/mol. The molecule has 0 bridgehead atoms. The smallest absolute Gasteiger partial charge is 0.306 e. The molecule has 0 saturated heterocycles. The highest BCUT2D eigenvalue weighted by atomic mass is 16.5. The Morgan fingerprint density at radius 2 is 1.58 bits per heavy atom. The molecule has 0 aromatic heterocycles. The Kier molecular flexibility index (Phi) is 7.97. The number of benzene rings is 1. The summed E-state index contributed by atoms with van der Waals surface area (Å²) in [6.45, 7) is 1.91. The van der Waals surface area contributed by atoms with E-state index in [1.807, 2.05) is 6.92 Å². The lowest BCUT2D eigenvalue weighted by Crippen LogP contribution is -2.41. The molecule has 0 unspecified atom stereocenters. The van der Waals surface area contributed by atoms with E-state index < -0.39 is 17.8 Å². The molecule has 0 aliphatic rings. The largest absolute Gasteiger partial charge is 0.469 e. The van der Waals surface area contributed by atoms with Crippen molar-refractivity contribution in [1.82, 2.24) is 10.9 Å². The lowest BCUT2D eigenvalue weighted by molar-refractivity contribution is -0.142. The van der Waals surface area contributed by atoms with Crippen molar-refractivity contribution in [3.8, 4) is 0 Å². The lowest BCUT2D eigenvalue weighted by atomic mass is 10.2. The van der Waals surface area contributed by atoms with Gasteiger partial charge in [-0.05, 0) is 30.7 Å². The maximum absolute atomic E-state index is 11.9. The summed E-state index contributed by atoms with van der Waals surface area (Å²) in [4.78, 5) is 45.7. The zero-order valence-corrected chi connectivity index (χ0v) is 13.7. The number of hydrogen-bond acceptors (Lipinski definition) is 5. The van der Waals surface area contributed by atoms with Gasteiger partial charge >= 0.3 is 5.97 Å². The molecule has 24 heavy (non-hydrogen) atoms. The monoisotopic (exact) mass is 335 g/mol. The van der Waals surface area contributed by atoms with Crippen molar-refractivity contribution in [3.63, 3.8) is 0 Å². The highest BCUT2D eigenvalue weighted by Gasteiger charge is 2.10. The SMILES string of the molecule is CCCC(=O)Nc1ccc(C(=O)NNC(=O)CCC(=O)OC)cc1. The summed E-state index contributed by atoms with van der Waals surface area (Å²) in [7, 11) is 1.23. The Bertz CT molecular complexity index is 598. The molecule has 1 aromatic carbocycles. The number of methoxy groups -OCH3 is 1. The maximum Gasteiger partial charge on any atom is 0.306 e. The first-order valence-electron chi connectivity index (χ1n) is 7.52. The summed E-state index contributed by atoms with van der Waals surface area (Å²) in [5.74, 6) is -1.60. The Morgan fingerprint density at radius 3 is 2.17 bits per heavy atom. The Morgan fingerprint density at radius 1 is 0.917 bits per heavy atom. The number of ether oxygens (including phenoxy) is 1. The third-order valence-corrected chi connectivity index (χ3v) is 3.01. The molecular formula is C16H21N3O5. The van der Waals surface area contributed by atoms with E-state index in [0.717, 1.165) is 6.42 Å². The summed E-state index contributed by atoms with van der Waals surface area (Å²) < 4.78 is 4.41. The number of hydrazine groups is 1. The molecule has 0 aliphatic heterocycles. The van der Waals surface area contributed by atoms with Gasteiger partial charge in [0, 0.05) is 24.1 Å². The molecular weight excluding hydrogens is 314 g/mol. The number of carbonyl (C=O) groups is 4. The summed E-state index contributed by atoms with van der Waals surface area (Å²) >= 11 is 0. The fourth-order valence-corrected chi connectivity index (χ4v) is 1.73. The first-order valence-corrected chi connectivity index (χ1v) is 7.52. The van der Waals surface area contributed by atoms with Crippen LogP contribution in [0.2, 0.25) is 0 Å². The van der Waals surface area contributed by atoms with Crippen LogP contribution in [0.25, 0.3) is 0 Å². The van der Waals surface area contributed by atoms with Crippen LogP contribution in [-0.2, 0) is 19.1 Å². The third-order valence-electron chi connectivity index (χ3n) is 3.01. The van der Waals surface area contributed by atoms with Crippen molar-refractivity contribution in [2.24, 2.45) is 0 Å². The molecule has 130 valence electrons. The van der Waals surface area contributed by atoms with Crippen LogP contribution in [0.4, 0.5) is 5.69 Å². The minimum absolute atomic E-state index is 0.0651. The molecule has 1 aromatic rings. The van der Waals surface area contributed by atoms with Gasteiger partial charge in [-0.15, -0.1) is 0 Å². The lowest BCUT2D eigenvalue weighted by Gasteiger charge is -2.08. The zero-order valence-electron chi connectivity index (χ0n) is 13.7. The van der Waals surface area contributed by atoms with Crippen LogP contribution in [-0.4, -0.2) is 30.8 Å². The first kappa shape index (κ1) is 19.1. The van der Waals surface area contributed by atoms with Crippen LogP contribution in [0.5, 0.6) is 0 Å². The minimum Gasteiger partial charge on any atom is -0.469 e. The van der Waals surface area contributed by atoms with E-state index >= 15 is 0 Å². The topological polar surface area (TPSA) is 114 Å². The van der Waals surface area contributed by atoms with Crippen LogP contribution >= 0.6 is 0 Å². The molecule has 0 heterocycles. The van der Waals surface area contributed by atoms with E-state index in [1.165, 1.54) is 19.2 Å². The molecule has 3 amide bonds. The van der Waals surface area contributed by atoms with Crippen LogP contribution in [0, 0.1) is 0 Å². The van der Waals surface area contributed by atoms with Gasteiger partial charge in [-0.1, -0.05) is 6.92 Å². The van der Waals surface area contributed by atoms with Crippen LogP contribution in [0.3, 0.4) is 0 Å². The number of carbonyl (C=O) groups excluding carboxylic acids is 4. The average Bonchev–Trinajstić information content (AvgIpc) is 2.58. The molecule has 1 rings (SSSR count). The van der Waals surface area contributed by atoms with Crippen LogP contribution < -0.4 is 16.2 Å². The number of amides is 3. The summed E-state index contributed by atoms with van der Waals surface area (Å²) in [5.41, 5.74) is 5.36. The summed E-state index contributed by atoms with van der Waals surface area (Å²) in [5, 5.41) is 2.71. The van der Waals surface area contributed by atoms with Crippen LogP contribution in [0.1, 0.15) is 43.0 Å². The van der Waals surface area contributed by atoms with E-state index in [2.05, 4.69) is 20.9 Å². The van der Waals surface area contributed by atoms with E-state index in [0.29, 0.717) is 17.7 Å². The van der Waals surface area contributed by atoms with E-state index in [1.54, 1.807) is 12.1 Å². The van der Waals surface area contributed by atoms with Gasteiger partial charge in [0.15, 0.2) is 0 Å². The quantitative estimate of drug-likeness (QED) is 0.511. The number of esters is 1. The minimum atomic E-state index is -0.507. The number of rotatable bonds is 7. The molecule has 8 nitrogen and oxygen atoms in total. The predicted octanol–water partition coefficient (Wildman–Crippen LogP) is 1.14. The van der Waals surface area contributed by atoms with Gasteiger partial charge in [0.2, 0.25) is 11.8 Å². The van der Waals surface area contributed by atoms with Crippen molar-refractivity contribution >= 4 is 29.4 Å². The zero-order chi connectivity index (χ0) is 17.9. The highest BCUT2D eigenvalue weighted by Crippen LogP contribution is 2.10. The highest BCUT2D eigenvalue weighted by molar-refractivity contribution is 5.96. The fourth-order valence-electron chi connectivity index (χ4n) is 1.73. The summed E-state index contributed by atoms with van der Waals surface area (Å²) in [6.07, 6.45) is 1.03. The van der Waals surface area contributed by atoms with Gasteiger partial charge in [0.05, 0.1) is 13.5 Å². The molecule has 0 fully saturated rings. The fraction of sp³-hybridized carbons (Fsp3) is 0.375. The van der Waals surface area contributed by atoms with E-state index in [-0.39, 0.29) is 18.7 Å². The van der Waals surface area contributed by atoms with E-state index in [9.17, 15) is 19.2 Å². The molecule has 0 aliphatic carbocycles. The maximum atomic E-state index is 11.9. The molecule has 0 radical (unpaired) electrons. The Hall–Kier alpha value is -2.90. The number of anilines is 1. The van der Waals surface area contributed by atoms with Crippen molar-refractivity contribution in [3.05, 3.63) is 29.8 Å². The van der Waals surface area contributed by atoms with Crippen molar-refractivity contribution in [2.75, 3.05) is 12.4 Å². The van der Waals surface area contributed by atoms with Crippen LogP contribution in [0.15, 0.2) is 24.3 Å². The van der Waals surface area contributed by atoms with Gasteiger partial charge in [-0.25, -0.2) is 0 Å². The second-order valence-corrected chi connectivity index (χ2v) is 4.95. The number of hydrogen-bond donors (Lipinski definition) is 3. The van der Waals surface area contributed by atoms with Crippen molar-refractivity contribution in [1.29, 1.82) is 0 Å². The normalized spacial score (nSPS) is 9.75. The molecule has 0 atom stereocenters. The van der Waals surface area contributed by atoms with Crippen molar-refractivity contribution < 1.29 is 23.9 Å². The summed E-state index contributed by atoms with van der Waals surface area (Å²) in [6, 6.07) is 6.25. The average molecular weight is 335 g/mol. The van der Waals surface area contributed by atoms with Gasteiger partial charge < -0.3 is 10.1 Å². The Labute approximate surface area is 139 Å². The van der Waals surface area contributed by atoms with Gasteiger partial charge in [-0.3, -0.25) is 30.0 Å². The Balaban J connectivity index is 2.43. The van der Waals surface area contributed by atoms with Gasteiger partial charge in [0.1, 0.15) is 0 Å². The third kappa shape index (κ3) is 6.91. The second kappa shape index (κ2) is 9.98. The molecule has 3 N–H and O–H groups in total. The first-order chi connectivity index (χ1) is 11.5. The second-order valence-electron chi connectivity index (χ2n) is 4.95. The van der Waals surface area contributed by atoms with Crippen molar-refractivity contribution in [2.45, 2.75) is 32.6 Å². The van der Waals surface area contributed by atoms with Gasteiger partial charge in [-0.2, -0.15) is 0 Å². The molecule has 0 spiro atoms. The standard InChI is InChI=1S/C16H21N3O5/c1-3-4-13(20)17-12-7-5-11(6-8-12)16(23)19-18-14(21)9-10-15(22)24-2/h5-8H,3-4,9-10H2,1-2H3,(H,17,20)(H,18,21)(H,19,23). The molecule has 8 heteroatoms. The molecule has 0 saturated carbocycles. The number of nitrogens with one attached hydrogen (secondary N) is 3.